The fourth-order valence-electron chi connectivity index (χ4n) is 3.33. The van der Waals surface area contributed by atoms with Gasteiger partial charge in [-0.1, -0.05) is 6.07 Å². The third-order valence-corrected chi connectivity index (χ3v) is 4.56. The molecular weight excluding hydrogens is 329 g/mol. The zero-order valence-electron chi connectivity index (χ0n) is 13.6. The summed E-state index contributed by atoms with van der Waals surface area (Å²) in [5.41, 5.74) is 3.76. The minimum absolute atomic E-state index is 0.209. The zero-order chi connectivity index (χ0) is 17.6. The number of benzene rings is 1. The summed E-state index contributed by atoms with van der Waals surface area (Å²) in [6.45, 7) is 3.08. The summed E-state index contributed by atoms with van der Waals surface area (Å²) in [4.78, 5) is 7.67. The molecule has 0 saturated carbocycles. The van der Waals surface area contributed by atoms with Gasteiger partial charge in [0, 0.05) is 42.5 Å². The third kappa shape index (κ3) is 2.84. The van der Waals surface area contributed by atoms with Crippen molar-refractivity contribution < 1.29 is 13.2 Å². The van der Waals surface area contributed by atoms with E-state index in [4.69, 9.17) is 0 Å². The predicted molar refractivity (Wildman–Crippen MR) is 91.0 cm³/mol. The molecule has 0 radical (unpaired) electrons. The van der Waals surface area contributed by atoms with Crippen LogP contribution in [0.3, 0.4) is 0 Å². The van der Waals surface area contributed by atoms with Gasteiger partial charge in [-0.15, -0.1) is 0 Å². The van der Waals surface area contributed by atoms with Crippen molar-refractivity contribution in [1.29, 1.82) is 0 Å². The number of H-pyrrole nitrogens is 1. The summed E-state index contributed by atoms with van der Waals surface area (Å²) in [6, 6.07) is 6.09. The lowest BCUT2D eigenvalue weighted by Crippen LogP contribution is -2.23. The number of alkyl halides is 3. The van der Waals surface area contributed by atoms with Crippen LogP contribution in [0.4, 0.5) is 24.5 Å². The molecule has 1 aromatic carbocycles. The molecule has 0 unspecified atom stereocenters. The van der Waals surface area contributed by atoms with Crippen molar-refractivity contribution in [2.75, 3.05) is 11.9 Å². The number of pyridine rings is 1. The molecule has 0 saturated heterocycles. The first kappa shape index (κ1) is 16.0. The highest BCUT2D eigenvalue weighted by molar-refractivity contribution is 5.95. The number of nitrogens with zero attached hydrogens (tertiary/aromatic N) is 1. The van der Waals surface area contributed by atoms with Crippen LogP contribution in [0.2, 0.25) is 0 Å². The van der Waals surface area contributed by atoms with E-state index >= 15 is 0 Å². The maximum atomic E-state index is 13.1. The van der Waals surface area contributed by atoms with E-state index in [1.807, 2.05) is 0 Å². The molecule has 130 valence electrons. The number of hydrogen-bond acceptors (Lipinski definition) is 3. The highest BCUT2D eigenvalue weighted by Crippen LogP contribution is 2.36. The van der Waals surface area contributed by atoms with Gasteiger partial charge in [-0.25, -0.2) is 4.98 Å². The number of rotatable bonds is 2. The number of aromatic amines is 1. The maximum absolute atomic E-state index is 13.1. The van der Waals surface area contributed by atoms with E-state index in [2.05, 4.69) is 20.6 Å². The van der Waals surface area contributed by atoms with Crippen LogP contribution in [0, 0.1) is 6.92 Å². The van der Waals surface area contributed by atoms with Crippen molar-refractivity contribution in [3.8, 4) is 0 Å². The molecule has 3 heterocycles. The topological polar surface area (TPSA) is 52.7 Å². The molecule has 25 heavy (non-hydrogen) atoms. The van der Waals surface area contributed by atoms with Gasteiger partial charge in [0.15, 0.2) is 0 Å². The second-order valence-corrected chi connectivity index (χ2v) is 6.24. The van der Waals surface area contributed by atoms with Crippen LogP contribution in [0.25, 0.3) is 11.0 Å². The van der Waals surface area contributed by atoms with Crippen molar-refractivity contribution in [3.05, 3.63) is 52.8 Å². The van der Waals surface area contributed by atoms with Crippen LogP contribution in [0.1, 0.15) is 22.4 Å². The van der Waals surface area contributed by atoms with Crippen molar-refractivity contribution in [2.24, 2.45) is 0 Å². The Morgan fingerprint density at radius 3 is 2.84 bits per heavy atom. The molecule has 0 spiro atoms. The molecule has 0 amide bonds. The van der Waals surface area contributed by atoms with E-state index < -0.39 is 11.7 Å². The molecule has 3 N–H and O–H groups in total. The number of fused-ring (bicyclic) bond motifs is 3. The molecule has 1 aliphatic heterocycles. The van der Waals surface area contributed by atoms with E-state index in [9.17, 15) is 13.2 Å². The molecule has 7 heteroatoms. The monoisotopic (exact) mass is 346 g/mol. The average molecular weight is 346 g/mol. The van der Waals surface area contributed by atoms with Crippen molar-refractivity contribution in [1.82, 2.24) is 15.3 Å². The molecule has 0 bridgehead atoms. The van der Waals surface area contributed by atoms with Crippen LogP contribution in [-0.2, 0) is 19.1 Å². The second-order valence-electron chi connectivity index (χ2n) is 6.24. The van der Waals surface area contributed by atoms with E-state index in [0.29, 0.717) is 5.69 Å². The van der Waals surface area contributed by atoms with Crippen molar-refractivity contribution in [3.63, 3.8) is 0 Å². The molecule has 4 nitrogen and oxygen atoms in total. The highest BCUT2D eigenvalue weighted by Gasteiger charge is 2.32. The smallest absolute Gasteiger partial charge is 0.355 e. The van der Waals surface area contributed by atoms with Gasteiger partial charge in [0.05, 0.1) is 11.3 Å². The molecule has 0 fully saturated rings. The summed E-state index contributed by atoms with van der Waals surface area (Å²) >= 11 is 0. The number of anilines is 2. The lowest BCUT2D eigenvalue weighted by Gasteiger charge is -2.16. The minimum atomic E-state index is -4.37. The molecule has 1 aliphatic rings. The van der Waals surface area contributed by atoms with Crippen LogP contribution >= 0.6 is 0 Å². The lowest BCUT2D eigenvalue weighted by atomic mass is 10.1. The van der Waals surface area contributed by atoms with E-state index in [1.54, 1.807) is 18.3 Å². The molecule has 0 atom stereocenters. The highest BCUT2D eigenvalue weighted by atomic mass is 19.4. The Kier molecular flexibility index (Phi) is 3.68. The Bertz CT molecular complexity index is 943. The van der Waals surface area contributed by atoms with Gasteiger partial charge in [-0.2, -0.15) is 13.2 Å². The second kappa shape index (κ2) is 5.77. The fraction of sp³-hybridized carbons (Fsp3) is 0.278. The standard InChI is InChI=1S/C18H17F3N4/c1-10-2-3-11(8-13(10)18(19,20)21)24-15-5-7-23-17-16(15)12-9-22-6-4-14(12)25-17/h2-3,5,7-8,22H,4,6,9H2,1H3,(H2,23,24,25). The van der Waals surface area contributed by atoms with Gasteiger partial charge in [0.1, 0.15) is 5.65 Å². The van der Waals surface area contributed by atoms with Crippen LogP contribution in [0.15, 0.2) is 30.5 Å². The van der Waals surface area contributed by atoms with Gasteiger partial charge in [-0.05, 0) is 36.2 Å². The number of aryl methyl sites for hydroxylation is 1. The van der Waals surface area contributed by atoms with Gasteiger partial charge in [0.2, 0.25) is 0 Å². The number of nitrogens with one attached hydrogen (secondary N) is 3. The molecular formula is C18H17F3N4. The summed E-state index contributed by atoms with van der Waals surface area (Å²) in [7, 11) is 0. The van der Waals surface area contributed by atoms with Gasteiger partial charge >= 0.3 is 6.18 Å². The third-order valence-electron chi connectivity index (χ3n) is 4.56. The largest absolute Gasteiger partial charge is 0.416 e. The quantitative estimate of drug-likeness (QED) is 0.649. The summed E-state index contributed by atoms with van der Waals surface area (Å²) in [5.74, 6) is 0. The Hall–Kier alpha value is -2.54. The zero-order valence-corrected chi connectivity index (χ0v) is 13.6. The van der Waals surface area contributed by atoms with Gasteiger partial charge in [0.25, 0.3) is 0 Å². The number of halogens is 3. The van der Waals surface area contributed by atoms with Crippen LogP contribution in [0.5, 0.6) is 0 Å². The predicted octanol–water partition coefficient (Wildman–Crippen LogP) is 4.28. The lowest BCUT2D eigenvalue weighted by molar-refractivity contribution is -0.138. The summed E-state index contributed by atoms with van der Waals surface area (Å²) in [5, 5.41) is 7.39. The van der Waals surface area contributed by atoms with Crippen molar-refractivity contribution in [2.45, 2.75) is 26.1 Å². The van der Waals surface area contributed by atoms with Gasteiger partial charge in [-0.3, -0.25) is 0 Å². The number of aromatic nitrogens is 2. The van der Waals surface area contributed by atoms with Crippen LogP contribution in [-0.4, -0.2) is 16.5 Å². The summed E-state index contributed by atoms with van der Waals surface area (Å²) in [6.07, 6.45) is -1.83. The summed E-state index contributed by atoms with van der Waals surface area (Å²) < 4.78 is 39.4. The normalized spacial score (nSPS) is 14.6. The number of hydrogen-bond donors (Lipinski definition) is 3. The minimum Gasteiger partial charge on any atom is -0.355 e. The average Bonchev–Trinajstić information content (AvgIpc) is 2.95. The first-order valence-corrected chi connectivity index (χ1v) is 8.07. The Labute approximate surface area is 142 Å². The molecule has 3 aromatic rings. The van der Waals surface area contributed by atoms with E-state index in [-0.39, 0.29) is 5.56 Å². The maximum Gasteiger partial charge on any atom is 0.416 e. The Morgan fingerprint density at radius 2 is 2.04 bits per heavy atom. The van der Waals surface area contributed by atoms with E-state index in [0.717, 1.165) is 53.6 Å². The Balaban J connectivity index is 1.78. The molecule has 4 rings (SSSR count). The first-order valence-electron chi connectivity index (χ1n) is 8.07. The van der Waals surface area contributed by atoms with Crippen LogP contribution < -0.4 is 10.6 Å². The molecule has 0 aliphatic carbocycles. The SMILES string of the molecule is Cc1ccc(Nc2ccnc3[nH]c4c(c23)CNCC4)cc1C(F)(F)F. The van der Waals surface area contributed by atoms with Gasteiger partial charge < -0.3 is 15.6 Å². The van der Waals surface area contributed by atoms with Crippen molar-refractivity contribution >= 4 is 22.4 Å². The fourth-order valence-corrected chi connectivity index (χ4v) is 3.33. The first-order chi connectivity index (χ1) is 11.9. The molecule has 2 aromatic heterocycles. The Morgan fingerprint density at radius 1 is 1.20 bits per heavy atom. The van der Waals surface area contributed by atoms with E-state index in [1.165, 1.54) is 13.0 Å².